The zero-order valence-corrected chi connectivity index (χ0v) is 10.0. The molecule has 0 spiro atoms. The van der Waals surface area contributed by atoms with Crippen LogP contribution in [0.25, 0.3) is 11.3 Å². The molecule has 1 aromatic carbocycles. The molecule has 0 aliphatic rings. The van der Waals surface area contributed by atoms with Crippen molar-refractivity contribution in [2.24, 2.45) is 0 Å². The van der Waals surface area contributed by atoms with E-state index in [0.717, 1.165) is 5.69 Å². The van der Waals surface area contributed by atoms with Crippen LogP contribution in [0, 0.1) is 10.5 Å². The molecule has 2 rings (SSSR count). The summed E-state index contributed by atoms with van der Waals surface area (Å²) >= 11 is 2.26. The fourth-order valence-corrected chi connectivity index (χ4v) is 1.67. The van der Waals surface area contributed by atoms with Gasteiger partial charge in [0.15, 0.2) is 0 Å². The standard InChI is InChI=1S/C12H10IN/c1-9-3-2-4-10(7-9)12-6-5-11(13)8-14-12/h2-8H,1H3. The molecular weight excluding hydrogens is 285 g/mol. The number of hydrogen-bond donors (Lipinski definition) is 0. The van der Waals surface area contributed by atoms with Crippen LogP contribution in [-0.2, 0) is 0 Å². The first-order chi connectivity index (χ1) is 6.75. The van der Waals surface area contributed by atoms with Crippen molar-refractivity contribution in [2.75, 3.05) is 0 Å². The van der Waals surface area contributed by atoms with E-state index in [2.05, 4.69) is 70.9 Å². The summed E-state index contributed by atoms with van der Waals surface area (Å²) in [6.07, 6.45) is 1.89. The Labute approximate surface area is 97.3 Å². The molecule has 0 aliphatic heterocycles. The third-order valence-corrected chi connectivity index (χ3v) is 2.68. The number of aromatic nitrogens is 1. The van der Waals surface area contributed by atoms with E-state index < -0.39 is 0 Å². The monoisotopic (exact) mass is 295 g/mol. The first-order valence-corrected chi connectivity index (χ1v) is 5.52. The maximum Gasteiger partial charge on any atom is 0.0702 e. The normalized spacial score (nSPS) is 10.1. The Kier molecular flexibility index (Phi) is 2.82. The summed E-state index contributed by atoms with van der Waals surface area (Å²) < 4.78 is 1.17. The smallest absolute Gasteiger partial charge is 0.0702 e. The van der Waals surface area contributed by atoms with Crippen LogP contribution in [-0.4, -0.2) is 4.98 Å². The van der Waals surface area contributed by atoms with Crippen LogP contribution < -0.4 is 0 Å². The number of rotatable bonds is 1. The highest BCUT2D eigenvalue weighted by molar-refractivity contribution is 14.1. The lowest BCUT2D eigenvalue weighted by molar-refractivity contribution is 1.30. The maximum absolute atomic E-state index is 4.38. The second-order valence-electron chi connectivity index (χ2n) is 3.23. The predicted octanol–water partition coefficient (Wildman–Crippen LogP) is 3.66. The predicted molar refractivity (Wildman–Crippen MR) is 67.1 cm³/mol. The molecule has 0 unspecified atom stereocenters. The molecule has 0 bridgehead atoms. The number of hydrogen-bond acceptors (Lipinski definition) is 1. The van der Waals surface area contributed by atoms with Crippen molar-refractivity contribution in [3.05, 3.63) is 51.7 Å². The van der Waals surface area contributed by atoms with Gasteiger partial charge in [0.25, 0.3) is 0 Å². The second kappa shape index (κ2) is 4.09. The van der Waals surface area contributed by atoms with Crippen LogP contribution in [0.2, 0.25) is 0 Å². The van der Waals surface area contributed by atoms with Gasteiger partial charge in [-0.15, -0.1) is 0 Å². The van der Waals surface area contributed by atoms with Crippen molar-refractivity contribution in [1.29, 1.82) is 0 Å². The fraction of sp³-hybridized carbons (Fsp3) is 0.0833. The molecule has 14 heavy (non-hydrogen) atoms. The molecular formula is C12H10IN. The van der Waals surface area contributed by atoms with E-state index in [0.29, 0.717) is 0 Å². The van der Waals surface area contributed by atoms with E-state index in [-0.39, 0.29) is 0 Å². The third kappa shape index (κ3) is 2.12. The molecule has 0 fully saturated rings. The first-order valence-electron chi connectivity index (χ1n) is 4.44. The van der Waals surface area contributed by atoms with Crippen LogP contribution in [0.3, 0.4) is 0 Å². The molecule has 1 heterocycles. The lowest BCUT2D eigenvalue weighted by Gasteiger charge is -2.01. The van der Waals surface area contributed by atoms with Gasteiger partial charge in [-0.25, -0.2) is 0 Å². The van der Waals surface area contributed by atoms with Gasteiger partial charge in [0, 0.05) is 15.3 Å². The van der Waals surface area contributed by atoms with E-state index in [4.69, 9.17) is 0 Å². The molecule has 0 radical (unpaired) electrons. The highest BCUT2D eigenvalue weighted by Crippen LogP contribution is 2.18. The molecule has 1 nitrogen and oxygen atoms in total. The Morgan fingerprint density at radius 3 is 2.64 bits per heavy atom. The Morgan fingerprint density at radius 2 is 2.00 bits per heavy atom. The minimum absolute atomic E-state index is 1.04. The van der Waals surface area contributed by atoms with E-state index >= 15 is 0 Å². The van der Waals surface area contributed by atoms with Crippen molar-refractivity contribution in [2.45, 2.75) is 6.92 Å². The summed E-state index contributed by atoms with van der Waals surface area (Å²) in [4.78, 5) is 4.38. The third-order valence-electron chi connectivity index (χ3n) is 2.04. The van der Waals surface area contributed by atoms with E-state index in [1.165, 1.54) is 14.7 Å². The molecule has 0 N–H and O–H groups in total. The Hall–Kier alpha value is -0.900. The number of aryl methyl sites for hydroxylation is 1. The Balaban J connectivity index is 2.44. The van der Waals surface area contributed by atoms with E-state index in [1.807, 2.05) is 6.20 Å². The Morgan fingerprint density at radius 1 is 1.14 bits per heavy atom. The first kappa shape index (κ1) is 9.65. The second-order valence-corrected chi connectivity index (χ2v) is 4.48. The van der Waals surface area contributed by atoms with Crippen molar-refractivity contribution < 1.29 is 0 Å². The summed E-state index contributed by atoms with van der Waals surface area (Å²) in [7, 11) is 0. The summed E-state index contributed by atoms with van der Waals surface area (Å²) in [5, 5.41) is 0. The van der Waals surface area contributed by atoms with Crippen LogP contribution in [0.15, 0.2) is 42.6 Å². The van der Waals surface area contributed by atoms with Gasteiger partial charge in [0.2, 0.25) is 0 Å². The molecule has 2 heteroatoms. The number of benzene rings is 1. The quantitative estimate of drug-likeness (QED) is 0.732. The molecule has 0 saturated carbocycles. The average Bonchev–Trinajstić information content (AvgIpc) is 2.19. The average molecular weight is 295 g/mol. The van der Waals surface area contributed by atoms with Crippen LogP contribution in [0.4, 0.5) is 0 Å². The molecule has 1 aromatic heterocycles. The fourth-order valence-electron chi connectivity index (χ4n) is 1.35. The van der Waals surface area contributed by atoms with Gasteiger partial charge in [0.1, 0.15) is 0 Å². The van der Waals surface area contributed by atoms with Gasteiger partial charge in [0.05, 0.1) is 5.69 Å². The van der Waals surface area contributed by atoms with Gasteiger partial charge in [-0.05, 0) is 47.7 Å². The zero-order valence-electron chi connectivity index (χ0n) is 7.87. The van der Waals surface area contributed by atoms with Crippen molar-refractivity contribution in [3.63, 3.8) is 0 Å². The topological polar surface area (TPSA) is 12.9 Å². The highest BCUT2D eigenvalue weighted by Gasteiger charge is 1.98. The van der Waals surface area contributed by atoms with E-state index in [1.54, 1.807) is 0 Å². The van der Waals surface area contributed by atoms with Gasteiger partial charge in [-0.1, -0.05) is 23.8 Å². The maximum atomic E-state index is 4.38. The molecule has 0 amide bonds. The minimum Gasteiger partial charge on any atom is -0.255 e. The molecule has 0 aliphatic carbocycles. The SMILES string of the molecule is Cc1cccc(-c2ccc(I)cn2)c1. The van der Waals surface area contributed by atoms with Crippen LogP contribution in [0.1, 0.15) is 5.56 Å². The van der Waals surface area contributed by atoms with E-state index in [9.17, 15) is 0 Å². The van der Waals surface area contributed by atoms with Crippen molar-refractivity contribution >= 4 is 22.6 Å². The highest BCUT2D eigenvalue weighted by atomic mass is 127. The summed E-state index contributed by atoms with van der Waals surface area (Å²) in [5.74, 6) is 0. The lowest BCUT2D eigenvalue weighted by atomic mass is 10.1. The molecule has 2 aromatic rings. The van der Waals surface area contributed by atoms with Crippen molar-refractivity contribution in [1.82, 2.24) is 4.98 Å². The number of halogens is 1. The number of nitrogens with zero attached hydrogens (tertiary/aromatic N) is 1. The summed E-state index contributed by atoms with van der Waals surface area (Å²) in [5.41, 5.74) is 3.48. The van der Waals surface area contributed by atoms with Crippen LogP contribution >= 0.6 is 22.6 Å². The van der Waals surface area contributed by atoms with Crippen LogP contribution in [0.5, 0.6) is 0 Å². The summed E-state index contributed by atoms with van der Waals surface area (Å²) in [6.45, 7) is 2.09. The largest absolute Gasteiger partial charge is 0.255 e. The lowest BCUT2D eigenvalue weighted by Crippen LogP contribution is -1.84. The molecule has 70 valence electrons. The van der Waals surface area contributed by atoms with Crippen molar-refractivity contribution in [3.8, 4) is 11.3 Å². The van der Waals surface area contributed by atoms with Gasteiger partial charge < -0.3 is 0 Å². The summed E-state index contributed by atoms with van der Waals surface area (Å²) in [6, 6.07) is 12.5. The molecule has 0 saturated heterocycles. The van der Waals surface area contributed by atoms with Gasteiger partial charge in [-0.2, -0.15) is 0 Å². The number of pyridine rings is 1. The van der Waals surface area contributed by atoms with Gasteiger partial charge >= 0.3 is 0 Å². The minimum atomic E-state index is 1.04. The zero-order chi connectivity index (χ0) is 9.97. The van der Waals surface area contributed by atoms with Gasteiger partial charge in [-0.3, -0.25) is 4.98 Å². The Bertz CT molecular complexity index is 434. The molecule has 0 atom stereocenters.